The first-order valence-electron chi connectivity index (χ1n) is 1.53. The van der Waals surface area contributed by atoms with Crippen molar-refractivity contribution in [2.24, 2.45) is 0 Å². The maximum atomic E-state index is 9.70. The quantitative estimate of drug-likeness (QED) is 0.514. The number of hydrogen-bond donors (Lipinski definition) is 0. The minimum absolute atomic E-state index is 0.500. The third kappa shape index (κ3) is 23.7. The van der Waals surface area contributed by atoms with Crippen LogP contribution in [0.2, 0.25) is 0 Å². The molecule has 4 heteroatoms. The van der Waals surface area contributed by atoms with E-state index in [1.807, 2.05) is 0 Å². The Morgan fingerprint density at radius 2 is 1.71 bits per heavy atom. The summed E-state index contributed by atoms with van der Waals surface area (Å²) in [5.41, 5.74) is 0. The van der Waals surface area contributed by atoms with Crippen LogP contribution in [0.3, 0.4) is 0 Å². The molecule has 0 aliphatic rings. The Labute approximate surface area is 45.3 Å². The van der Waals surface area contributed by atoms with Gasteiger partial charge in [0.2, 0.25) is 0 Å². The van der Waals surface area contributed by atoms with Crippen molar-refractivity contribution in [1.82, 2.24) is 0 Å². The second kappa shape index (κ2) is 9.40. The smallest absolute Gasteiger partial charge is 0.151 e. The number of hydrogen-bond acceptors (Lipinski definition) is 2. The first kappa shape index (κ1) is 10.1. The van der Waals surface area contributed by atoms with Crippen molar-refractivity contribution < 1.29 is 12.8 Å². The Morgan fingerprint density at radius 1 is 1.57 bits per heavy atom. The summed E-state index contributed by atoms with van der Waals surface area (Å²) in [5.74, 6) is 0. The minimum atomic E-state index is -1.07. The molecule has 46 valence electrons. The van der Waals surface area contributed by atoms with Crippen LogP contribution in [-0.4, -0.2) is 24.8 Å². The lowest BCUT2D eigenvalue weighted by molar-refractivity contribution is 0.450. The molecule has 0 saturated heterocycles. The van der Waals surface area contributed by atoms with E-state index in [0.717, 1.165) is 0 Å². The van der Waals surface area contributed by atoms with Gasteiger partial charge in [0.15, 0.2) is 11.1 Å². The molecule has 1 atom stereocenters. The summed E-state index contributed by atoms with van der Waals surface area (Å²) in [7, 11) is 1.90. The van der Waals surface area contributed by atoms with E-state index in [-0.39, 0.29) is 0 Å². The highest BCUT2D eigenvalue weighted by Gasteiger charge is 1.72. The van der Waals surface area contributed by atoms with E-state index < -0.39 is 11.1 Å². The van der Waals surface area contributed by atoms with Gasteiger partial charge in [-0.2, -0.15) is 0 Å². The van der Waals surface area contributed by atoms with E-state index in [1.165, 1.54) is 13.4 Å². The Balaban J connectivity index is 0. The average Bonchev–Trinajstić information content (AvgIpc) is 1.73. The fourth-order valence-corrected chi connectivity index (χ4v) is 0. The Kier molecular flexibility index (Phi) is 13.6. The van der Waals surface area contributed by atoms with Crippen molar-refractivity contribution in [3.8, 4) is 0 Å². The predicted octanol–water partition coefficient (Wildman–Crippen LogP) is 0.512. The first-order chi connectivity index (χ1) is 3.27. The molecule has 0 spiro atoms. The average molecular weight is 128 g/mol. The molecule has 0 heterocycles. The molecule has 1 unspecified atom stereocenters. The van der Waals surface area contributed by atoms with E-state index in [1.54, 1.807) is 0 Å². The number of halogens is 1. The summed E-state index contributed by atoms with van der Waals surface area (Å²) in [5, 5.41) is 0. The molecule has 2 nitrogen and oxygen atoms in total. The molecule has 0 aliphatic carbocycles. The predicted molar refractivity (Wildman–Crippen MR) is 28.1 cm³/mol. The lowest BCUT2D eigenvalue weighted by Gasteiger charge is -1.78. The summed E-state index contributed by atoms with van der Waals surface area (Å²) >= 11 is -1.07. The first-order valence-corrected chi connectivity index (χ1v) is 3.01. The topological polar surface area (TPSA) is 26.3 Å². The van der Waals surface area contributed by atoms with Gasteiger partial charge in [-0.3, -0.25) is 8.57 Å². The second-order valence-corrected chi connectivity index (χ2v) is 1.70. The molecule has 7 heavy (non-hydrogen) atoms. The third-order valence-corrected chi connectivity index (χ3v) is 0.704. The Bertz CT molecular complexity index is 48.2. The molecule has 0 radical (unpaired) electrons. The molecule has 0 amide bonds. The number of rotatable bonds is 1. The van der Waals surface area contributed by atoms with E-state index in [4.69, 9.17) is 0 Å². The standard InChI is InChI=1S/C2H6O2S.CH3F/c1-4-5(2)3;1-2/h1-2H3;1H3. The third-order valence-electron chi connectivity index (χ3n) is 0.235. The molecule has 0 fully saturated rings. The van der Waals surface area contributed by atoms with Gasteiger partial charge in [0.05, 0.1) is 14.3 Å². The molecule has 0 bridgehead atoms. The largest absolute Gasteiger partial charge is 0.294 e. The van der Waals surface area contributed by atoms with Gasteiger partial charge in [-0.25, -0.2) is 4.21 Å². The van der Waals surface area contributed by atoms with Crippen LogP contribution in [0.4, 0.5) is 4.39 Å². The molecule has 0 N–H and O–H groups in total. The molecule has 0 rings (SSSR count). The fourth-order valence-electron chi connectivity index (χ4n) is 0. The van der Waals surface area contributed by atoms with Gasteiger partial charge in [0.1, 0.15) is 0 Å². The van der Waals surface area contributed by atoms with Crippen molar-refractivity contribution in [1.29, 1.82) is 0 Å². The lowest BCUT2D eigenvalue weighted by atomic mass is 11.8. The van der Waals surface area contributed by atoms with Crippen molar-refractivity contribution in [3.05, 3.63) is 0 Å². The van der Waals surface area contributed by atoms with Gasteiger partial charge in [0, 0.05) is 6.26 Å². The normalized spacial score (nSPS) is 11.4. The molecule has 0 saturated carbocycles. The maximum absolute atomic E-state index is 9.70. The molecule has 0 aromatic carbocycles. The number of alkyl halides is 1. The van der Waals surface area contributed by atoms with Gasteiger partial charge < -0.3 is 0 Å². The second-order valence-electron chi connectivity index (χ2n) is 0.568. The van der Waals surface area contributed by atoms with Gasteiger partial charge >= 0.3 is 0 Å². The summed E-state index contributed by atoms with van der Waals surface area (Å²) in [6.45, 7) is 0. The molecule has 0 aromatic rings. The van der Waals surface area contributed by atoms with Crippen LogP contribution < -0.4 is 0 Å². The van der Waals surface area contributed by atoms with E-state index in [9.17, 15) is 8.60 Å². The zero-order valence-electron chi connectivity index (χ0n) is 4.60. The summed E-state index contributed by atoms with van der Waals surface area (Å²) < 4.78 is 23.4. The van der Waals surface area contributed by atoms with Crippen LogP contribution in [0, 0.1) is 0 Å². The van der Waals surface area contributed by atoms with Crippen LogP contribution in [0.5, 0.6) is 0 Å². The zero-order chi connectivity index (χ0) is 6.28. The molecule has 0 aliphatic heterocycles. The molecular weight excluding hydrogens is 119 g/mol. The van der Waals surface area contributed by atoms with E-state index >= 15 is 0 Å². The van der Waals surface area contributed by atoms with Crippen LogP contribution in [0.1, 0.15) is 0 Å². The highest BCUT2D eigenvalue weighted by Crippen LogP contribution is 1.65. The molecular formula is C3H9FO2S. The highest BCUT2D eigenvalue weighted by atomic mass is 32.2. The van der Waals surface area contributed by atoms with Crippen molar-refractivity contribution in [2.75, 3.05) is 20.5 Å². The summed E-state index contributed by atoms with van der Waals surface area (Å²) in [4.78, 5) is 0. The van der Waals surface area contributed by atoms with Gasteiger partial charge in [-0.05, 0) is 0 Å². The van der Waals surface area contributed by atoms with Crippen molar-refractivity contribution >= 4 is 11.1 Å². The van der Waals surface area contributed by atoms with Gasteiger partial charge in [-0.1, -0.05) is 0 Å². The van der Waals surface area contributed by atoms with Crippen LogP contribution >= 0.6 is 0 Å². The lowest BCUT2D eigenvalue weighted by Crippen LogP contribution is -1.83. The van der Waals surface area contributed by atoms with Gasteiger partial charge in [-0.15, -0.1) is 0 Å². The monoisotopic (exact) mass is 128 g/mol. The summed E-state index contributed by atoms with van der Waals surface area (Å²) in [6.07, 6.45) is 1.47. The van der Waals surface area contributed by atoms with Crippen molar-refractivity contribution in [2.45, 2.75) is 0 Å². The van der Waals surface area contributed by atoms with E-state index in [2.05, 4.69) is 4.18 Å². The SMILES string of the molecule is CF.COS(C)=O. The Hall–Kier alpha value is 0.0400. The van der Waals surface area contributed by atoms with E-state index in [0.29, 0.717) is 7.18 Å². The van der Waals surface area contributed by atoms with Crippen LogP contribution in [0.15, 0.2) is 0 Å². The van der Waals surface area contributed by atoms with Crippen LogP contribution in [-0.2, 0) is 15.3 Å². The summed E-state index contributed by atoms with van der Waals surface area (Å²) in [6, 6.07) is 0. The van der Waals surface area contributed by atoms with Crippen molar-refractivity contribution in [3.63, 3.8) is 0 Å². The van der Waals surface area contributed by atoms with Gasteiger partial charge in [0.25, 0.3) is 0 Å². The minimum Gasteiger partial charge on any atom is -0.294 e. The highest BCUT2D eigenvalue weighted by molar-refractivity contribution is 7.79. The Morgan fingerprint density at radius 3 is 1.71 bits per heavy atom. The molecule has 0 aromatic heterocycles. The maximum Gasteiger partial charge on any atom is 0.151 e. The fraction of sp³-hybridized carbons (Fsp3) is 1.00. The zero-order valence-corrected chi connectivity index (χ0v) is 5.42. The van der Waals surface area contributed by atoms with Crippen LogP contribution in [0.25, 0.3) is 0 Å².